The molecule has 2 saturated heterocycles. The summed E-state index contributed by atoms with van der Waals surface area (Å²) in [4.78, 5) is 16.5. The van der Waals surface area contributed by atoms with Gasteiger partial charge in [-0.2, -0.15) is 0 Å². The number of urea groups is 1. The first kappa shape index (κ1) is 18.4. The van der Waals surface area contributed by atoms with Crippen LogP contribution in [0.3, 0.4) is 0 Å². The molecule has 0 unspecified atom stereocenters. The Hall–Kier alpha value is -0.900. The normalized spacial score (nSPS) is 24.6. The van der Waals surface area contributed by atoms with Crippen LogP contribution in [0.15, 0.2) is 0 Å². The molecule has 23 heavy (non-hydrogen) atoms. The molecule has 0 radical (unpaired) electrons. The van der Waals surface area contributed by atoms with Crippen LogP contribution in [-0.4, -0.2) is 88.5 Å². The molecule has 0 saturated carbocycles. The van der Waals surface area contributed by atoms with Gasteiger partial charge in [-0.1, -0.05) is 0 Å². The van der Waals surface area contributed by atoms with Crippen molar-refractivity contribution in [1.82, 2.24) is 19.8 Å². The van der Waals surface area contributed by atoms with Crippen LogP contribution in [0.1, 0.15) is 19.8 Å². The summed E-state index contributed by atoms with van der Waals surface area (Å²) in [5.41, 5.74) is 0. The predicted octanol–water partition coefficient (Wildman–Crippen LogP) is -0.570. The fourth-order valence-corrected chi connectivity index (χ4v) is 3.74. The van der Waals surface area contributed by atoms with Crippen molar-refractivity contribution < 1.29 is 17.9 Å². The quantitative estimate of drug-likeness (QED) is 0.694. The average Bonchev–Trinajstić information content (AvgIpc) is 2.55. The van der Waals surface area contributed by atoms with Gasteiger partial charge < -0.3 is 15.0 Å². The number of carbonyl (C=O) groups excluding carboxylic acids is 1. The van der Waals surface area contributed by atoms with Gasteiger partial charge in [-0.05, 0) is 26.8 Å². The summed E-state index contributed by atoms with van der Waals surface area (Å²) in [6, 6.07) is 0.486. The minimum atomic E-state index is -3.29. The van der Waals surface area contributed by atoms with E-state index < -0.39 is 10.0 Å². The SMILES string of the molecule is CNS(=O)(=O)CCNC(=O)N1CCN(C2CCOCC2)C[C@@H]1C. The third kappa shape index (κ3) is 5.30. The highest BCUT2D eigenvalue weighted by atomic mass is 32.2. The monoisotopic (exact) mass is 348 g/mol. The summed E-state index contributed by atoms with van der Waals surface area (Å²) in [5, 5.41) is 2.70. The largest absolute Gasteiger partial charge is 0.381 e. The Morgan fingerprint density at radius 3 is 2.57 bits per heavy atom. The molecule has 2 aliphatic rings. The second-order valence-corrected chi connectivity index (χ2v) is 8.18. The van der Waals surface area contributed by atoms with E-state index in [0.717, 1.165) is 39.1 Å². The van der Waals surface area contributed by atoms with Crippen LogP contribution in [0, 0.1) is 0 Å². The van der Waals surface area contributed by atoms with E-state index in [-0.39, 0.29) is 24.4 Å². The maximum atomic E-state index is 12.2. The Bertz CT molecular complexity index is 493. The fourth-order valence-electron chi connectivity index (χ4n) is 3.17. The Morgan fingerprint density at radius 1 is 1.26 bits per heavy atom. The molecule has 0 aliphatic carbocycles. The van der Waals surface area contributed by atoms with Crippen LogP contribution in [-0.2, 0) is 14.8 Å². The van der Waals surface area contributed by atoms with Gasteiger partial charge in [0.1, 0.15) is 0 Å². The van der Waals surface area contributed by atoms with Gasteiger partial charge >= 0.3 is 6.03 Å². The van der Waals surface area contributed by atoms with Gasteiger partial charge in [0.15, 0.2) is 0 Å². The van der Waals surface area contributed by atoms with Crippen molar-refractivity contribution in [2.45, 2.75) is 31.8 Å². The Morgan fingerprint density at radius 2 is 1.96 bits per heavy atom. The number of piperazine rings is 1. The molecule has 134 valence electrons. The van der Waals surface area contributed by atoms with Gasteiger partial charge in [0.2, 0.25) is 10.0 Å². The van der Waals surface area contributed by atoms with Crippen LogP contribution >= 0.6 is 0 Å². The lowest BCUT2D eigenvalue weighted by molar-refractivity contribution is 0.00707. The van der Waals surface area contributed by atoms with E-state index in [9.17, 15) is 13.2 Å². The van der Waals surface area contributed by atoms with Crippen LogP contribution in [0.25, 0.3) is 0 Å². The lowest BCUT2D eigenvalue weighted by Gasteiger charge is -2.44. The first-order valence-electron chi connectivity index (χ1n) is 8.20. The molecule has 2 amide bonds. The van der Waals surface area contributed by atoms with Crippen molar-refractivity contribution in [1.29, 1.82) is 0 Å². The average molecular weight is 348 g/mol. The molecule has 8 nitrogen and oxygen atoms in total. The van der Waals surface area contributed by atoms with E-state index in [1.165, 1.54) is 7.05 Å². The molecule has 2 fully saturated rings. The van der Waals surface area contributed by atoms with E-state index in [0.29, 0.717) is 12.6 Å². The van der Waals surface area contributed by atoms with E-state index in [1.807, 2.05) is 6.92 Å². The Kier molecular flexibility index (Phi) is 6.63. The number of rotatable bonds is 5. The van der Waals surface area contributed by atoms with Gasteiger partial charge in [0.05, 0.1) is 5.75 Å². The molecule has 2 rings (SSSR count). The van der Waals surface area contributed by atoms with Gasteiger partial charge in [-0.25, -0.2) is 17.9 Å². The molecule has 0 aromatic heterocycles. The minimum absolute atomic E-state index is 0.105. The zero-order valence-electron chi connectivity index (χ0n) is 14.0. The van der Waals surface area contributed by atoms with Crippen LogP contribution in [0.4, 0.5) is 4.79 Å². The number of nitrogens with one attached hydrogen (secondary N) is 2. The highest BCUT2D eigenvalue weighted by molar-refractivity contribution is 7.89. The van der Waals surface area contributed by atoms with Crippen LogP contribution in [0.5, 0.6) is 0 Å². The molecule has 0 spiro atoms. The van der Waals surface area contributed by atoms with E-state index in [2.05, 4.69) is 14.9 Å². The molecule has 2 aliphatic heterocycles. The molecule has 2 heterocycles. The summed E-state index contributed by atoms with van der Waals surface area (Å²) in [5.74, 6) is -0.105. The second-order valence-electron chi connectivity index (χ2n) is 6.14. The molecular weight excluding hydrogens is 320 g/mol. The van der Waals surface area contributed by atoms with E-state index in [1.54, 1.807) is 4.90 Å². The first-order chi connectivity index (χ1) is 10.9. The molecule has 0 bridgehead atoms. The third-order valence-electron chi connectivity index (χ3n) is 4.59. The van der Waals surface area contributed by atoms with Gasteiger partial charge in [-0.3, -0.25) is 4.90 Å². The molecule has 1 atom stereocenters. The highest BCUT2D eigenvalue weighted by Gasteiger charge is 2.31. The first-order valence-corrected chi connectivity index (χ1v) is 9.85. The van der Waals surface area contributed by atoms with Crippen molar-refractivity contribution in [2.75, 3.05) is 52.2 Å². The smallest absolute Gasteiger partial charge is 0.317 e. The molecule has 0 aromatic carbocycles. The van der Waals surface area contributed by atoms with Crippen LogP contribution < -0.4 is 10.0 Å². The van der Waals surface area contributed by atoms with Gasteiger partial charge in [0, 0.05) is 51.5 Å². The second kappa shape index (κ2) is 8.27. The van der Waals surface area contributed by atoms with Crippen molar-refractivity contribution >= 4 is 16.1 Å². The topological polar surface area (TPSA) is 91.0 Å². The fraction of sp³-hybridized carbons (Fsp3) is 0.929. The summed E-state index contributed by atoms with van der Waals surface area (Å²) in [6.07, 6.45) is 2.11. The van der Waals surface area contributed by atoms with Crippen molar-refractivity contribution in [3.63, 3.8) is 0 Å². The highest BCUT2D eigenvalue weighted by Crippen LogP contribution is 2.19. The molecular formula is C14H28N4O4S. The number of amides is 2. The van der Waals surface area contributed by atoms with Gasteiger partial charge in [0.25, 0.3) is 0 Å². The number of hydrogen-bond acceptors (Lipinski definition) is 5. The maximum absolute atomic E-state index is 12.2. The summed E-state index contributed by atoms with van der Waals surface area (Å²) < 4.78 is 30.3. The number of carbonyl (C=O) groups is 1. The van der Waals surface area contributed by atoms with Gasteiger partial charge in [-0.15, -0.1) is 0 Å². The number of nitrogens with zero attached hydrogens (tertiary/aromatic N) is 2. The summed E-state index contributed by atoms with van der Waals surface area (Å²) in [7, 11) is -1.92. The minimum Gasteiger partial charge on any atom is -0.381 e. The third-order valence-corrected chi connectivity index (χ3v) is 5.95. The summed E-state index contributed by atoms with van der Waals surface area (Å²) in [6.45, 7) is 6.18. The lowest BCUT2D eigenvalue weighted by Crippen LogP contribution is -2.59. The van der Waals surface area contributed by atoms with Crippen molar-refractivity contribution in [3.8, 4) is 0 Å². The summed E-state index contributed by atoms with van der Waals surface area (Å²) >= 11 is 0. The maximum Gasteiger partial charge on any atom is 0.317 e. The predicted molar refractivity (Wildman–Crippen MR) is 87.8 cm³/mol. The van der Waals surface area contributed by atoms with E-state index >= 15 is 0 Å². The Labute approximate surface area is 138 Å². The van der Waals surface area contributed by atoms with Crippen molar-refractivity contribution in [3.05, 3.63) is 0 Å². The Balaban J connectivity index is 1.77. The van der Waals surface area contributed by atoms with Crippen molar-refractivity contribution in [2.24, 2.45) is 0 Å². The molecule has 9 heteroatoms. The van der Waals surface area contributed by atoms with E-state index in [4.69, 9.17) is 4.74 Å². The zero-order chi connectivity index (χ0) is 16.9. The number of sulfonamides is 1. The molecule has 0 aromatic rings. The zero-order valence-corrected chi connectivity index (χ0v) is 14.8. The van der Waals surface area contributed by atoms with Crippen LogP contribution in [0.2, 0.25) is 0 Å². The lowest BCUT2D eigenvalue weighted by atomic mass is 10.0. The molecule has 2 N–H and O–H groups in total. The number of hydrogen-bond donors (Lipinski definition) is 2. The standard InChI is InChI=1S/C14H28N4O4S/c1-12-11-17(13-3-8-22-9-4-13)6-7-18(12)14(19)16-5-10-23(20,21)15-2/h12-13,15H,3-11H2,1-2H3,(H,16,19)/t12-/m0/s1. The number of ether oxygens (including phenoxy) is 1.